The molecule has 2 N–H and O–H groups in total. The number of nitrogens with one attached hydrogen (secondary N) is 2. The standard InChI is InChI=1S/C14H20N2O4S/c1-11(2)10-20-13-7-5-4-6-12(13)14(17)15-8-9-16-21(3,18)19/h4-7,16H,1,8-10H2,2-3H3,(H,15,17). The summed E-state index contributed by atoms with van der Waals surface area (Å²) in [5.74, 6) is 0.150. The summed E-state index contributed by atoms with van der Waals surface area (Å²) in [6, 6.07) is 6.85. The van der Waals surface area contributed by atoms with E-state index >= 15 is 0 Å². The van der Waals surface area contributed by atoms with E-state index < -0.39 is 10.0 Å². The van der Waals surface area contributed by atoms with Crippen LogP contribution in [0.1, 0.15) is 17.3 Å². The SMILES string of the molecule is C=C(C)COc1ccccc1C(=O)NCCNS(C)(=O)=O. The molecule has 0 heterocycles. The molecule has 0 aromatic heterocycles. The van der Waals surface area contributed by atoms with Crippen molar-refractivity contribution in [3.8, 4) is 5.75 Å². The van der Waals surface area contributed by atoms with Crippen molar-refractivity contribution in [1.82, 2.24) is 10.0 Å². The smallest absolute Gasteiger partial charge is 0.255 e. The molecule has 0 unspecified atom stereocenters. The first-order chi connectivity index (χ1) is 9.79. The summed E-state index contributed by atoms with van der Waals surface area (Å²) in [5.41, 5.74) is 1.25. The number of para-hydroxylation sites is 1. The van der Waals surface area contributed by atoms with E-state index in [1.54, 1.807) is 24.3 Å². The number of benzene rings is 1. The normalized spacial score (nSPS) is 11.0. The van der Waals surface area contributed by atoms with Gasteiger partial charge in [-0.25, -0.2) is 13.1 Å². The second kappa shape index (κ2) is 7.80. The van der Waals surface area contributed by atoms with E-state index in [0.29, 0.717) is 17.9 Å². The van der Waals surface area contributed by atoms with Crippen LogP contribution in [0.2, 0.25) is 0 Å². The third-order valence-corrected chi connectivity index (χ3v) is 3.11. The minimum absolute atomic E-state index is 0.138. The number of sulfonamides is 1. The summed E-state index contributed by atoms with van der Waals surface area (Å²) < 4.78 is 29.6. The van der Waals surface area contributed by atoms with Crippen molar-refractivity contribution < 1.29 is 17.9 Å². The second-order valence-corrected chi connectivity index (χ2v) is 6.50. The van der Waals surface area contributed by atoms with Crippen LogP contribution in [0, 0.1) is 0 Å². The van der Waals surface area contributed by atoms with Crippen molar-refractivity contribution in [1.29, 1.82) is 0 Å². The molecule has 7 heteroatoms. The lowest BCUT2D eigenvalue weighted by Gasteiger charge is -2.11. The van der Waals surface area contributed by atoms with Crippen LogP contribution in [0.5, 0.6) is 5.75 Å². The number of hydrogen-bond acceptors (Lipinski definition) is 4. The van der Waals surface area contributed by atoms with E-state index in [-0.39, 0.29) is 19.0 Å². The van der Waals surface area contributed by atoms with Gasteiger partial charge in [0.1, 0.15) is 12.4 Å². The number of carbonyl (C=O) groups excluding carboxylic acids is 1. The lowest BCUT2D eigenvalue weighted by atomic mass is 10.2. The highest BCUT2D eigenvalue weighted by atomic mass is 32.2. The predicted octanol–water partition coefficient (Wildman–Crippen LogP) is 0.921. The summed E-state index contributed by atoms with van der Waals surface area (Å²) in [7, 11) is -3.25. The fraction of sp³-hybridized carbons (Fsp3) is 0.357. The molecule has 0 aliphatic heterocycles. The maximum atomic E-state index is 12.0. The molecule has 0 saturated heterocycles. The zero-order valence-electron chi connectivity index (χ0n) is 12.2. The Kier molecular flexibility index (Phi) is 6.39. The lowest BCUT2D eigenvalue weighted by molar-refractivity contribution is 0.0950. The fourth-order valence-electron chi connectivity index (χ4n) is 1.49. The average Bonchev–Trinajstić information content (AvgIpc) is 2.40. The minimum Gasteiger partial charge on any atom is -0.488 e. The Morgan fingerprint density at radius 1 is 1.29 bits per heavy atom. The maximum Gasteiger partial charge on any atom is 0.255 e. The highest BCUT2D eigenvalue weighted by Gasteiger charge is 2.11. The topological polar surface area (TPSA) is 84.5 Å². The fourth-order valence-corrected chi connectivity index (χ4v) is 1.96. The molecule has 0 spiro atoms. The Balaban J connectivity index is 2.59. The second-order valence-electron chi connectivity index (χ2n) is 4.66. The van der Waals surface area contributed by atoms with Crippen LogP contribution < -0.4 is 14.8 Å². The average molecular weight is 312 g/mol. The van der Waals surface area contributed by atoms with E-state index in [0.717, 1.165) is 11.8 Å². The minimum atomic E-state index is -3.25. The summed E-state index contributed by atoms with van der Waals surface area (Å²) in [6.07, 6.45) is 1.07. The van der Waals surface area contributed by atoms with Gasteiger partial charge in [0.25, 0.3) is 5.91 Å². The van der Waals surface area contributed by atoms with Gasteiger partial charge in [-0.1, -0.05) is 18.7 Å². The van der Waals surface area contributed by atoms with Gasteiger partial charge in [-0.2, -0.15) is 0 Å². The first-order valence-corrected chi connectivity index (χ1v) is 8.28. The Morgan fingerprint density at radius 3 is 2.57 bits per heavy atom. The summed E-state index contributed by atoms with van der Waals surface area (Å²) in [5, 5.41) is 2.63. The van der Waals surface area contributed by atoms with E-state index in [4.69, 9.17) is 4.74 Å². The van der Waals surface area contributed by atoms with Gasteiger partial charge in [-0.05, 0) is 24.6 Å². The molecule has 0 aliphatic carbocycles. The molecule has 1 aromatic rings. The lowest BCUT2D eigenvalue weighted by Crippen LogP contribution is -2.34. The molecule has 1 amide bonds. The van der Waals surface area contributed by atoms with Crippen molar-refractivity contribution in [3.63, 3.8) is 0 Å². The number of amides is 1. The molecule has 0 bridgehead atoms. The van der Waals surface area contributed by atoms with Crippen LogP contribution in [0.3, 0.4) is 0 Å². The third kappa shape index (κ3) is 6.92. The van der Waals surface area contributed by atoms with Gasteiger partial charge in [0.15, 0.2) is 0 Å². The Bertz CT molecular complexity index is 611. The largest absolute Gasteiger partial charge is 0.488 e. The monoisotopic (exact) mass is 312 g/mol. The van der Waals surface area contributed by atoms with Gasteiger partial charge < -0.3 is 10.1 Å². The zero-order chi connectivity index (χ0) is 15.9. The summed E-state index contributed by atoms with van der Waals surface area (Å²) in [6.45, 7) is 6.24. The molecule has 0 aliphatic rings. The highest BCUT2D eigenvalue weighted by molar-refractivity contribution is 7.88. The van der Waals surface area contributed by atoms with Crippen LogP contribution in [0.15, 0.2) is 36.4 Å². The molecule has 1 aromatic carbocycles. The van der Waals surface area contributed by atoms with Crippen molar-refractivity contribution >= 4 is 15.9 Å². The first kappa shape index (κ1) is 17.2. The van der Waals surface area contributed by atoms with Crippen LogP contribution in [-0.2, 0) is 10.0 Å². The molecular weight excluding hydrogens is 292 g/mol. The van der Waals surface area contributed by atoms with Gasteiger partial charge in [0.05, 0.1) is 11.8 Å². The van der Waals surface area contributed by atoms with Gasteiger partial charge in [0, 0.05) is 13.1 Å². The molecular formula is C14H20N2O4S. The van der Waals surface area contributed by atoms with Crippen molar-refractivity contribution in [2.75, 3.05) is 26.0 Å². The molecule has 0 atom stereocenters. The number of rotatable bonds is 8. The first-order valence-electron chi connectivity index (χ1n) is 6.38. The van der Waals surface area contributed by atoms with Crippen LogP contribution in [-0.4, -0.2) is 40.3 Å². The Labute approximate surface area is 125 Å². The molecule has 0 saturated carbocycles. The van der Waals surface area contributed by atoms with Crippen LogP contribution >= 0.6 is 0 Å². The van der Waals surface area contributed by atoms with Gasteiger partial charge in [0.2, 0.25) is 10.0 Å². The van der Waals surface area contributed by atoms with Crippen molar-refractivity contribution in [2.24, 2.45) is 0 Å². The number of ether oxygens (including phenoxy) is 1. The van der Waals surface area contributed by atoms with E-state index in [1.165, 1.54) is 0 Å². The van der Waals surface area contributed by atoms with E-state index in [2.05, 4.69) is 16.6 Å². The molecule has 116 valence electrons. The third-order valence-electron chi connectivity index (χ3n) is 2.38. The van der Waals surface area contributed by atoms with Gasteiger partial charge in [-0.15, -0.1) is 0 Å². The molecule has 6 nitrogen and oxygen atoms in total. The zero-order valence-corrected chi connectivity index (χ0v) is 13.0. The number of hydrogen-bond donors (Lipinski definition) is 2. The maximum absolute atomic E-state index is 12.0. The molecule has 21 heavy (non-hydrogen) atoms. The van der Waals surface area contributed by atoms with E-state index in [1.807, 2.05) is 6.92 Å². The van der Waals surface area contributed by atoms with Crippen LogP contribution in [0.4, 0.5) is 0 Å². The molecule has 0 fully saturated rings. The Morgan fingerprint density at radius 2 is 1.95 bits per heavy atom. The summed E-state index contributed by atoms with van der Waals surface area (Å²) in [4.78, 5) is 12.0. The molecule has 0 radical (unpaired) electrons. The van der Waals surface area contributed by atoms with Gasteiger partial charge >= 0.3 is 0 Å². The van der Waals surface area contributed by atoms with Gasteiger partial charge in [-0.3, -0.25) is 4.79 Å². The Hall–Kier alpha value is -1.86. The van der Waals surface area contributed by atoms with E-state index in [9.17, 15) is 13.2 Å². The van der Waals surface area contributed by atoms with Crippen molar-refractivity contribution in [3.05, 3.63) is 42.0 Å². The number of carbonyl (C=O) groups is 1. The van der Waals surface area contributed by atoms with Crippen molar-refractivity contribution in [2.45, 2.75) is 6.92 Å². The molecule has 1 rings (SSSR count). The summed E-state index contributed by atoms with van der Waals surface area (Å²) >= 11 is 0. The predicted molar refractivity (Wildman–Crippen MR) is 81.9 cm³/mol. The highest BCUT2D eigenvalue weighted by Crippen LogP contribution is 2.18. The van der Waals surface area contributed by atoms with Crippen LogP contribution in [0.25, 0.3) is 0 Å². The quantitative estimate of drug-likeness (QED) is 0.552.